The summed E-state index contributed by atoms with van der Waals surface area (Å²) in [7, 11) is 0. The number of carbonyl (C=O) groups is 2. The van der Waals surface area contributed by atoms with Gasteiger partial charge >= 0.3 is 11.9 Å². The number of hydrogen-bond acceptors (Lipinski definition) is 6. The largest absolute Gasteiger partial charge is 0.465 e. The summed E-state index contributed by atoms with van der Waals surface area (Å²) < 4.78 is 9.64. The van der Waals surface area contributed by atoms with Crippen molar-refractivity contribution in [2.24, 2.45) is 17.8 Å². The number of nitrogens with zero attached hydrogens (tertiary/aromatic N) is 1. The minimum absolute atomic E-state index is 0.109. The molecule has 0 N–H and O–H groups in total. The predicted molar refractivity (Wildman–Crippen MR) is 66.9 cm³/mol. The van der Waals surface area contributed by atoms with Gasteiger partial charge in [-0.05, 0) is 19.8 Å². The second-order valence-electron chi connectivity index (χ2n) is 4.40. The topological polar surface area (TPSA) is 95.7 Å². The predicted octanol–water partition coefficient (Wildman–Crippen LogP) is 1.28. The van der Waals surface area contributed by atoms with Crippen LogP contribution in [0.5, 0.6) is 0 Å². The number of carbonyl (C=O) groups excluding carboxylic acids is 2. The van der Waals surface area contributed by atoms with E-state index in [1.807, 2.05) is 0 Å². The van der Waals surface area contributed by atoms with Gasteiger partial charge in [0.1, 0.15) is 0 Å². The summed E-state index contributed by atoms with van der Waals surface area (Å²) in [6.45, 7) is 6.41. The zero-order chi connectivity index (χ0) is 15.0. The number of esters is 2. The Bertz CT molecular complexity index is 310. The van der Waals surface area contributed by atoms with Crippen LogP contribution >= 0.6 is 0 Å². The zero-order valence-electron chi connectivity index (χ0n) is 11.8. The molecule has 0 rings (SSSR count). The maximum atomic E-state index is 11.8. The number of hydrogen-bond donors (Lipinski definition) is 0. The lowest BCUT2D eigenvalue weighted by atomic mass is 9.83. The third kappa shape index (κ3) is 5.67. The van der Waals surface area contributed by atoms with E-state index in [0.29, 0.717) is 0 Å². The first kappa shape index (κ1) is 17.3. The second-order valence-corrected chi connectivity index (χ2v) is 4.40. The van der Waals surface area contributed by atoms with Gasteiger partial charge in [0.2, 0.25) is 6.54 Å². The summed E-state index contributed by atoms with van der Waals surface area (Å²) in [4.78, 5) is 33.8. The fourth-order valence-electron chi connectivity index (χ4n) is 1.78. The summed E-state index contributed by atoms with van der Waals surface area (Å²) in [5, 5.41) is 10.7. The van der Waals surface area contributed by atoms with Crippen molar-refractivity contribution < 1.29 is 24.0 Å². The van der Waals surface area contributed by atoms with E-state index < -0.39 is 35.2 Å². The monoisotopic (exact) mass is 275 g/mol. The first-order valence-electron chi connectivity index (χ1n) is 6.30. The number of ether oxygens (including phenoxy) is 2. The molecule has 0 heterocycles. The molecule has 0 radical (unpaired) electrons. The van der Waals surface area contributed by atoms with Crippen LogP contribution in [0, 0.1) is 27.9 Å². The molecule has 1 atom stereocenters. The van der Waals surface area contributed by atoms with Gasteiger partial charge < -0.3 is 9.47 Å². The van der Waals surface area contributed by atoms with Crippen LogP contribution in [0.3, 0.4) is 0 Å². The molecule has 0 aliphatic rings. The summed E-state index contributed by atoms with van der Waals surface area (Å²) in [5.41, 5.74) is 0. The van der Waals surface area contributed by atoms with Gasteiger partial charge in [-0.1, -0.05) is 13.8 Å². The zero-order valence-corrected chi connectivity index (χ0v) is 11.8. The van der Waals surface area contributed by atoms with Crippen molar-refractivity contribution in [3.05, 3.63) is 10.1 Å². The molecular weight excluding hydrogens is 254 g/mol. The molecule has 7 heteroatoms. The average Bonchev–Trinajstić information content (AvgIpc) is 2.28. The van der Waals surface area contributed by atoms with Crippen molar-refractivity contribution in [1.29, 1.82) is 0 Å². The molecule has 110 valence electrons. The Morgan fingerprint density at radius 1 is 1.11 bits per heavy atom. The fraction of sp³-hybridized carbons (Fsp3) is 0.833. The lowest BCUT2D eigenvalue weighted by Gasteiger charge is -2.23. The van der Waals surface area contributed by atoms with E-state index in [-0.39, 0.29) is 19.1 Å². The minimum atomic E-state index is -1.25. The van der Waals surface area contributed by atoms with Gasteiger partial charge in [0.25, 0.3) is 0 Å². The third-order valence-electron chi connectivity index (χ3n) is 2.73. The molecule has 0 bridgehead atoms. The van der Waals surface area contributed by atoms with Gasteiger partial charge in [0.05, 0.1) is 19.1 Å². The summed E-state index contributed by atoms with van der Waals surface area (Å²) in [6.07, 6.45) is 0. The summed E-state index contributed by atoms with van der Waals surface area (Å²) >= 11 is 0. The molecule has 0 saturated carbocycles. The smallest absolute Gasteiger partial charge is 0.320 e. The van der Waals surface area contributed by atoms with Gasteiger partial charge in [-0.25, -0.2) is 0 Å². The first-order chi connectivity index (χ1) is 8.84. The molecule has 0 aliphatic carbocycles. The van der Waals surface area contributed by atoms with Crippen LogP contribution in [0.25, 0.3) is 0 Å². The molecule has 0 aromatic carbocycles. The van der Waals surface area contributed by atoms with Gasteiger partial charge in [-0.15, -0.1) is 0 Å². The van der Waals surface area contributed by atoms with Crippen LogP contribution in [0.4, 0.5) is 0 Å². The van der Waals surface area contributed by atoms with E-state index >= 15 is 0 Å². The Hall–Kier alpha value is -1.66. The Morgan fingerprint density at radius 3 is 1.79 bits per heavy atom. The normalized spacial score (nSPS) is 12.3. The average molecular weight is 275 g/mol. The first-order valence-corrected chi connectivity index (χ1v) is 6.30. The minimum Gasteiger partial charge on any atom is -0.465 e. The molecule has 7 nitrogen and oxygen atoms in total. The molecule has 0 aromatic rings. The molecule has 0 amide bonds. The quantitative estimate of drug-likeness (QED) is 0.286. The fourth-order valence-corrected chi connectivity index (χ4v) is 1.78. The highest BCUT2D eigenvalue weighted by molar-refractivity contribution is 5.95. The van der Waals surface area contributed by atoms with E-state index in [9.17, 15) is 19.7 Å². The summed E-state index contributed by atoms with van der Waals surface area (Å²) in [6, 6.07) is 0. The lowest BCUT2D eigenvalue weighted by molar-refractivity contribution is -0.490. The van der Waals surface area contributed by atoms with Crippen LogP contribution < -0.4 is 0 Å². The number of nitro groups is 1. The SMILES string of the molecule is CCOC(=O)C(C(=O)OCC)[C@H](C[N+](=O)[O-])C(C)C. The van der Waals surface area contributed by atoms with E-state index in [1.165, 1.54) is 0 Å². The molecular formula is C12H21NO6. The maximum Gasteiger partial charge on any atom is 0.320 e. The van der Waals surface area contributed by atoms with Gasteiger partial charge in [0.15, 0.2) is 5.92 Å². The van der Waals surface area contributed by atoms with Crippen LogP contribution in [-0.2, 0) is 19.1 Å². The second kappa shape index (κ2) is 8.44. The standard InChI is InChI=1S/C12H21NO6/c1-5-18-11(14)10(12(15)19-6-2)9(8(3)4)7-13(16)17/h8-10H,5-7H2,1-4H3/t9-/m1/s1. The molecule has 0 aliphatic heterocycles. The molecule has 0 spiro atoms. The molecule has 19 heavy (non-hydrogen) atoms. The van der Waals surface area contributed by atoms with Gasteiger partial charge in [-0.3, -0.25) is 19.7 Å². The summed E-state index contributed by atoms with van der Waals surface area (Å²) in [5.74, 6) is -3.73. The Morgan fingerprint density at radius 2 is 1.53 bits per heavy atom. The van der Waals surface area contributed by atoms with Crippen molar-refractivity contribution in [1.82, 2.24) is 0 Å². The number of rotatable bonds is 8. The molecule has 0 saturated heterocycles. The van der Waals surface area contributed by atoms with Crippen LogP contribution in [0.1, 0.15) is 27.7 Å². The Labute approximate surface area is 112 Å². The van der Waals surface area contributed by atoms with E-state index in [2.05, 4.69) is 0 Å². The van der Waals surface area contributed by atoms with Gasteiger partial charge in [0, 0.05) is 4.92 Å². The van der Waals surface area contributed by atoms with Crippen molar-refractivity contribution >= 4 is 11.9 Å². The van der Waals surface area contributed by atoms with Crippen molar-refractivity contribution in [3.8, 4) is 0 Å². The van der Waals surface area contributed by atoms with E-state index in [0.717, 1.165) is 0 Å². The molecule has 0 fully saturated rings. The lowest BCUT2D eigenvalue weighted by Crippen LogP contribution is -2.40. The Kier molecular flexibility index (Phi) is 7.71. The highest BCUT2D eigenvalue weighted by Crippen LogP contribution is 2.24. The molecule has 0 unspecified atom stereocenters. The third-order valence-corrected chi connectivity index (χ3v) is 2.73. The van der Waals surface area contributed by atoms with Crippen molar-refractivity contribution in [2.75, 3.05) is 19.8 Å². The van der Waals surface area contributed by atoms with Crippen LogP contribution in [-0.4, -0.2) is 36.6 Å². The van der Waals surface area contributed by atoms with Crippen LogP contribution in [0.15, 0.2) is 0 Å². The highest BCUT2D eigenvalue weighted by atomic mass is 16.6. The van der Waals surface area contributed by atoms with Crippen molar-refractivity contribution in [3.63, 3.8) is 0 Å². The molecule has 0 aromatic heterocycles. The Balaban J connectivity index is 5.19. The van der Waals surface area contributed by atoms with Crippen molar-refractivity contribution in [2.45, 2.75) is 27.7 Å². The van der Waals surface area contributed by atoms with E-state index in [1.54, 1.807) is 27.7 Å². The highest BCUT2D eigenvalue weighted by Gasteiger charge is 2.41. The van der Waals surface area contributed by atoms with Gasteiger partial charge in [-0.2, -0.15) is 0 Å². The van der Waals surface area contributed by atoms with Crippen LogP contribution in [0.2, 0.25) is 0 Å². The van der Waals surface area contributed by atoms with E-state index in [4.69, 9.17) is 9.47 Å². The maximum absolute atomic E-state index is 11.8.